The fraction of sp³-hybridized carbons (Fsp3) is 0.150. The molecular formula is C20H13F5N4O5S2. The number of hydrogen-bond acceptors (Lipinski definition) is 7. The zero-order chi connectivity index (χ0) is 26.6. The largest absolute Gasteiger partial charge is 0.501 e. The second-order valence-electron chi connectivity index (χ2n) is 7.34. The Bertz CT molecular complexity index is 1780. The lowest BCUT2D eigenvalue weighted by Gasteiger charge is -2.10. The molecule has 0 radical (unpaired) electrons. The molecule has 0 aliphatic heterocycles. The number of halogens is 5. The van der Waals surface area contributed by atoms with E-state index in [9.17, 15) is 43.6 Å². The zero-order valence-corrected chi connectivity index (χ0v) is 19.5. The monoisotopic (exact) mass is 548 g/mol. The first-order valence-corrected chi connectivity index (χ1v) is 12.9. The Labute approximate surface area is 199 Å². The predicted octanol–water partition coefficient (Wildman–Crippen LogP) is 2.91. The van der Waals surface area contributed by atoms with Gasteiger partial charge >= 0.3 is 11.2 Å². The molecule has 36 heavy (non-hydrogen) atoms. The van der Waals surface area contributed by atoms with Gasteiger partial charge in [0.2, 0.25) is 0 Å². The van der Waals surface area contributed by atoms with E-state index in [4.69, 9.17) is 0 Å². The minimum Gasteiger partial charge on any atom is -0.249 e. The Morgan fingerprint density at radius 2 is 1.58 bits per heavy atom. The SMILES string of the molecule is CCS(=O)(=O)c1cc(-c2cc(F)cc(F)c2)cnc1-n1nc2ccc(S(=O)(=O)C(F)(F)F)cn2c1=O. The zero-order valence-electron chi connectivity index (χ0n) is 17.9. The average Bonchev–Trinajstić information content (AvgIpc) is 3.13. The highest BCUT2D eigenvalue weighted by Gasteiger charge is 2.47. The topological polar surface area (TPSA) is 120 Å². The molecule has 0 spiro atoms. The number of benzene rings is 1. The van der Waals surface area contributed by atoms with Crippen LogP contribution in [0.5, 0.6) is 0 Å². The third kappa shape index (κ3) is 4.26. The number of pyridine rings is 2. The number of nitrogens with zero attached hydrogens (tertiary/aromatic N) is 4. The smallest absolute Gasteiger partial charge is 0.249 e. The van der Waals surface area contributed by atoms with Gasteiger partial charge in [-0.1, -0.05) is 6.92 Å². The van der Waals surface area contributed by atoms with Crippen LogP contribution in [0.25, 0.3) is 22.6 Å². The molecule has 4 rings (SSSR count). The Kier molecular flexibility index (Phi) is 5.99. The molecule has 3 heterocycles. The first-order chi connectivity index (χ1) is 16.7. The molecule has 3 aromatic heterocycles. The van der Waals surface area contributed by atoms with Gasteiger partial charge in [0, 0.05) is 24.0 Å². The number of hydrogen-bond donors (Lipinski definition) is 0. The van der Waals surface area contributed by atoms with Gasteiger partial charge in [-0.2, -0.15) is 17.9 Å². The summed E-state index contributed by atoms with van der Waals surface area (Å²) in [6, 6.07) is 4.91. The number of aromatic nitrogens is 4. The molecule has 0 aliphatic rings. The van der Waals surface area contributed by atoms with Crippen LogP contribution in [0, 0.1) is 11.6 Å². The van der Waals surface area contributed by atoms with E-state index >= 15 is 0 Å². The van der Waals surface area contributed by atoms with Gasteiger partial charge in [-0.05, 0) is 35.9 Å². The highest BCUT2D eigenvalue weighted by Crippen LogP contribution is 2.30. The summed E-state index contributed by atoms with van der Waals surface area (Å²) in [6.45, 7) is 1.29. The van der Waals surface area contributed by atoms with Gasteiger partial charge in [0.15, 0.2) is 21.3 Å². The summed E-state index contributed by atoms with van der Waals surface area (Å²) >= 11 is 0. The van der Waals surface area contributed by atoms with Gasteiger partial charge in [0.1, 0.15) is 16.5 Å². The molecule has 16 heteroatoms. The first-order valence-electron chi connectivity index (χ1n) is 9.78. The van der Waals surface area contributed by atoms with Crippen LogP contribution in [0.15, 0.2) is 63.4 Å². The van der Waals surface area contributed by atoms with E-state index in [1.54, 1.807) is 0 Å². The number of rotatable bonds is 5. The van der Waals surface area contributed by atoms with Gasteiger partial charge < -0.3 is 0 Å². The number of fused-ring (bicyclic) bond motifs is 1. The van der Waals surface area contributed by atoms with Crippen molar-refractivity contribution in [3.63, 3.8) is 0 Å². The van der Waals surface area contributed by atoms with Gasteiger partial charge in [0.25, 0.3) is 9.84 Å². The average molecular weight is 548 g/mol. The van der Waals surface area contributed by atoms with E-state index in [0.717, 1.165) is 30.5 Å². The molecule has 0 saturated heterocycles. The number of alkyl halides is 3. The second-order valence-corrected chi connectivity index (χ2v) is 11.5. The van der Waals surface area contributed by atoms with Crippen molar-refractivity contribution in [2.45, 2.75) is 22.2 Å². The summed E-state index contributed by atoms with van der Waals surface area (Å²) in [5, 5.41) is 3.85. The molecule has 0 amide bonds. The van der Waals surface area contributed by atoms with Crippen molar-refractivity contribution in [3.05, 3.63) is 70.9 Å². The minimum absolute atomic E-state index is 0.0143. The molecule has 190 valence electrons. The summed E-state index contributed by atoms with van der Waals surface area (Å²) in [5.41, 5.74) is -7.22. The maximum absolute atomic E-state index is 13.7. The maximum Gasteiger partial charge on any atom is 0.501 e. The molecule has 0 fully saturated rings. The summed E-state index contributed by atoms with van der Waals surface area (Å²) in [5.74, 6) is -2.89. The molecule has 0 saturated carbocycles. The van der Waals surface area contributed by atoms with Crippen LogP contribution in [0.1, 0.15) is 6.92 Å². The Morgan fingerprint density at radius 3 is 2.17 bits per heavy atom. The fourth-order valence-corrected chi connectivity index (χ4v) is 5.04. The van der Waals surface area contributed by atoms with Crippen LogP contribution in [-0.2, 0) is 19.7 Å². The van der Waals surface area contributed by atoms with Gasteiger partial charge in [-0.25, -0.2) is 39.8 Å². The van der Waals surface area contributed by atoms with Crippen LogP contribution in [0.3, 0.4) is 0 Å². The van der Waals surface area contributed by atoms with E-state index in [-0.39, 0.29) is 16.8 Å². The Balaban J connectivity index is 1.96. The molecule has 1 aromatic carbocycles. The lowest BCUT2D eigenvalue weighted by molar-refractivity contribution is -0.0436. The van der Waals surface area contributed by atoms with Crippen LogP contribution >= 0.6 is 0 Å². The van der Waals surface area contributed by atoms with Crippen LogP contribution in [0.2, 0.25) is 0 Å². The van der Waals surface area contributed by atoms with Crippen molar-refractivity contribution in [1.82, 2.24) is 19.2 Å². The quantitative estimate of drug-likeness (QED) is 0.352. The van der Waals surface area contributed by atoms with Crippen LogP contribution < -0.4 is 5.69 Å². The summed E-state index contributed by atoms with van der Waals surface area (Å²) in [6.07, 6.45) is 1.43. The third-order valence-electron chi connectivity index (χ3n) is 5.05. The van der Waals surface area contributed by atoms with E-state index in [1.807, 2.05) is 0 Å². The van der Waals surface area contributed by atoms with E-state index in [2.05, 4.69) is 10.1 Å². The molecule has 0 atom stereocenters. The predicted molar refractivity (Wildman–Crippen MR) is 115 cm³/mol. The van der Waals surface area contributed by atoms with Crippen molar-refractivity contribution in [2.24, 2.45) is 0 Å². The van der Waals surface area contributed by atoms with Crippen molar-refractivity contribution in [2.75, 3.05) is 5.75 Å². The number of sulfone groups is 2. The highest BCUT2D eigenvalue weighted by molar-refractivity contribution is 7.92. The Morgan fingerprint density at radius 1 is 0.944 bits per heavy atom. The lowest BCUT2D eigenvalue weighted by Crippen LogP contribution is -2.25. The molecule has 4 aromatic rings. The molecule has 0 bridgehead atoms. The van der Waals surface area contributed by atoms with E-state index in [1.165, 1.54) is 6.92 Å². The van der Waals surface area contributed by atoms with E-state index in [0.29, 0.717) is 27.4 Å². The van der Waals surface area contributed by atoms with Crippen molar-refractivity contribution in [1.29, 1.82) is 0 Å². The molecule has 0 N–H and O–H groups in total. The van der Waals surface area contributed by atoms with Gasteiger partial charge in [-0.15, -0.1) is 5.10 Å². The maximum atomic E-state index is 13.7. The van der Waals surface area contributed by atoms with Crippen LogP contribution in [-0.4, -0.2) is 47.3 Å². The standard InChI is InChI=1S/C20H13F5N4O5S2/c1-2-35(31,32)16-7-12(11-5-13(21)8-14(22)6-11)9-26-18(16)29-19(30)28-10-15(3-4-17(28)27-29)36(33,34)20(23,24)25/h3-10H,2H2,1H3. The third-order valence-corrected chi connectivity index (χ3v) is 8.25. The summed E-state index contributed by atoms with van der Waals surface area (Å²) in [4.78, 5) is 15.1. The molecular weight excluding hydrogens is 535 g/mol. The van der Waals surface area contributed by atoms with Crippen LogP contribution in [0.4, 0.5) is 22.0 Å². The lowest BCUT2D eigenvalue weighted by atomic mass is 10.1. The van der Waals surface area contributed by atoms with Gasteiger partial charge in [0.05, 0.1) is 10.6 Å². The molecule has 9 nitrogen and oxygen atoms in total. The second kappa shape index (κ2) is 8.48. The first kappa shape index (κ1) is 25.4. The van der Waals surface area contributed by atoms with Crippen molar-refractivity contribution >= 4 is 25.3 Å². The highest BCUT2D eigenvalue weighted by atomic mass is 32.2. The summed E-state index contributed by atoms with van der Waals surface area (Å²) < 4.78 is 116. The summed E-state index contributed by atoms with van der Waals surface area (Å²) in [7, 11) is -9.92. The van der Waals surface area contributed by atoms with Crippen molar-refractivity contribution < 1.29 is 38.8 Å². The minimum atomic E-state index is -5.79. The van der Waals surface area contributed by atoms with Crippen molar-refractivity contribution in [3.8, 4) is 16.9 Å². The van der Waals surface area contributed by atoms with E-state index < -0.39 is 63.9 Å². The van der Waals surface area contributed by atoms with Gasteiger partial charge in [-0.3, -0.25) is 0 Å². The fourth-order valence-electron chi connectivity index (χ4n) is 3.25. The molecule has 0 aliphatic carbocycles. The Hall–Kier alpha value is -3.66. The normalized spacial score (nSPS) is 12.8. The molecule has 0 unspecified atom stereocenters.